The minimum absolute atomic E-state index is 0.0391. The average molecular weight is 488 g/mol. The minimum atomic E-state index is -0.915. The standard InChI is InChI=1S/C25H14ClN3O6/c26-18-9-16-17(23(32)14-7-3-2-6-13(14)22(16)31)10-19(18)27-20(30)11-35-25(34)21-12-5-1-4-8-15(12)24(33)29-28-21/h1-10H,11H2,(H,27,30)(H,29,33). The van der Waals surface area contributed by atoms with Crippen molar-refractivity contribution in [2.24, 2.45) is 0 Å². The molecular weight excluding hydrogens is 474 g/mol. The predicted molar refractivity (Wildman–Crippen MR) is 126 cm³/mol. The molecule has 0 fully saturated rings. The molecule has 0 unspecified atom stereocenters. The number of fused-ring (bicyclic) bond motifs is 3. The SMILES string of the molecule is O=C(COC(=O)c1n[nH]c(=O)c2ccccc12)Nc1cc2c(cc1Cl)C(=O)c1ccccc1C2=O. The summed E-state index contributed by atoms with van der Waals surface area (Å²) in [6.07, 6.45) is 0. The number of hydrogen-bond donors (Lipinski definition) is 2. The van der Waals surface area contributed by atoms with Gasteiger partial charge in [0.2, 0.25) is 0 Å². The van der Waals surface area contributed by atoms with Crippen molar-refractivity contribution in [2.75, 3.05) is 11.9 Å². The van der Waals surface area contributed by atoms with E-state index in [2.05, 4.69) is 15.5 Å². The molecule has 0 saturated carbocycles. The van der Waals surface area contributed by atoms with Gasteiger partial charge in [-0.3, -0.25) is 19.2 Å². The van der Waals surface area contributed by atoms with Gasteiger partial charge in [0.15, 0.2) is 23.9 Å². The number of nitrogens with zero attached hydrogens (tertiary/aromatic N) is 1. The number of nitrogens with one attached hydrogen (secondary N) is 2. The molecule has 9 nitrogen and oxygen atoms in total. The van der Waals surface area contributed by atoms with E-state index in [0.29, 0.717) is 0 Å². The number of hydrogen-bond acceptors (Lipinski definition) is 7. The zero-order valence-electron chi connectivity index (χ0n) is 17.8. The lowest BCUT2D eigenvalue weighted by Gasteiger charge is -2.19. The fourth-order valence-corrected chi connectivity index (χ4v) is 4.08. The zero-order valence-corrected chi connectivity index (χ0v) is 18.5. The van der Waals surface area contributed by atoms with E-state index in [-0.39, 0.29) is 61.0 Å². The highest BCUT2D eigenvalue weighted by Gasteiger charge is 2.30. The van der Waals surface area contributed by atoms with Crippen molar-refractivity contribution < 1.29 is 23.9 Å². The van der Waals surface area contributed by atoms with Crippen LogP contribution < -0.4 is 10.9 Å². The van der Waals surface area contributed by atoms with Crippen LogP contribution in [0.1, 0.15) is 42.3 Å². The van der Waals surface area contributed by atoms with E-state index >= 15 is 0 Å². The normalized spacial score (nSPS) is 12.1. The van der Waals surface area contributed by atoms with E-state index in [1.165, 1.54) is 24.3 Å². The molecular formula is C25H14ClN3O6. The van der Waals surface area contributed by atoms with Crippen molar-refractivity contribution in [1.29, 1.82) is 0 Å². The molecule has 1 aromatic heterocycles. The molecule has 4 aromatic rings. The van der Waals surface area contributed by atoms with Crippen LogP contribution in [0.25, 0.3) is 10.8 Å². The largest absolute Gasteiger partial charge is 0.451 e. The summed E-state index contributed by atoms with van der Waals surface area (Å²) in [6, 6.07) is 15.4. The molecule has 10 heteroatoms. The third kappa shape index (κ3) is 3.87. The number of benzene rings is 3. The lowest BCUT2D eigenvalue weighted by molar-refractivity contribution is -0.119. The van der Waals surface area contributed by atoms with E-state index in [4.69, 9.17) is 16.3 Å². The number of halogens is 1. The number of rotatable bonds is 4. The van der Waals surface area contributed by atoms with Gasteiger partial charge < -0.3 is 10.1 Å². The maximum atomic E-state index is 12.9. The number of aromatic amines is 1. The number of ether oxygens (including phenoxy) is 1. The summed E-state index contributed by atoms with van der Waals surface area (Å²) in [5, 5.41) is 9.00. The highest BCUT2D eigenvalue weighted by atomic mass is 35.5. The topological polar surface area (TPSA) is 135 Å². The first-order chi connectivity index (χ1) is 16.8. The molecule has 0 saturated heterocycles. The van der Waals surface area contributed by atoms with Crippen LogP contribution in [0.2, 0.25) is 5.02 Å². The Morgan fingerprint density at radius 2 is 1.46 bits per heavy atom. The molecule has 0 atom stereocenters. The fourth-order valence-electron chi connectivity index (χ4n) is 3.87. The van der Waals surface area contributed by atoms with E-state index in [9.17, 15) is 24.0 Å². The van der Waals surface area contributed by atoms with Crippen molar-refractivity contribution in [3.8, 4) is 0 Å². The lowest BCUT2D eigenvalue weighted by atomic mass is 9.84. The smallest absolute Gasteiger partial charge is 0.359 e. The van der Waals surface area contributed by atoms with Gasteiger partial charge in [-0.15, -0.1) is 0 Å². The molecule has 0 spiro atoms. The second-order valence-electron chi connectivity index (χ2n) is 7.65. The Morgan fingerprint density at radius 1 is 0.857 bits per heavy atom. The number of H-pyrrole nitrogens is 1. The Balaban J connectivity index is 1.34. The van der Waals surface area contributed by atoms with Gasteiger partial charge in [0.1, 0.15) is 0 Å². The molecule has 0 aliphatic heterocycles. The second kappa shape index (κ2) is 8.62. The number of aromatic nitrogens is 2. The Labute approximate surface area is 201 Å². The van der Waals surface area contributed by atoms with Crippen LogP contribution in [-0.4, -0.2) is 40.2 Å². The molecule has 35 heavy (non-hydrogen) atoms. The first kappa shape index (κ1) is 22.2. The van der Waals surface area contributed by atoms with Gasteiger partial charge in [-0.1, -0.05) is 54.1 Å². The van der Waals surface area contributed by atoms with Gasteiger partial charge in [0.05, 0.1) is 16.1 Å². The number of amides is 1. The Morgan fingerprint density at radius 3 is 2.14 bits per heavy atom. The predicted octanol–water partition coefficient (Wildman–Crippen LogP) is 3.15. The molecule has 2 N–H and O–H groups in total. The molecule has 1 aliphatic carbocycles. The lowest BCUT2D eigenvalue weighted by Crippen LogP contribution is -2.24. The van der Waals surface area contributed by atoms with E-state index in [1.807, 2.05) is 0 Å². The summed E-state index contributed by atoms with van der Waals surface area (Å²) in [7, 11) is 0. The van der Waals surface area contributed by atoms with E-state index in [1.54, 1.807) is 36.4 Å². The van der Waals surface area contributed by atoms with Crippen molar-refractivity contribution in [3.05, 3.63) is 104 Å². The minimum Gasteiger partial charge on any atom is -0.451 e. The summed E-state index contributed by atoms with van der Waals surface area (Å²) >= 11 is 6.25. The molecule has 5 rings (SSSR count). The van der Waals surface area contributed by atoms with Crippen molar-refractivity contribution in [3.63, 3.8) is 0 Å². The molecule has 0 radical (unpaired) electrons. The molecule has 1 aliphatic rings. The van der Waals surface area contributed by atoms with E-state index < -0.39 is 24.0 Å². The third-order valence-corrected chi connectivity index (χ3v) is 5.82. The molecule has 0 bridgehead atoms. The van der Waals surface area contributed by atoms with Crippen LogP contribution in [0.5, 0.6) is 0 Å². The Bertz CT molecular complexity index is 1640. The number of carbonyl (C=O) groups excluding carboxylic acids is 4. The monoisotopic (exact) mass is 487 g/mol. The van der Waals surface area contributed by atoms with Crippen LogP contribution in [0, 0.1) is 0 Å². The van der Waals surface area contributed by atoms with Crippen LogP contribution in [0.15, 0.2) is 65.5 Å². The number of esters is 1. The van der Waals surface area contributed by atoms with Gasteiger partial charge in [-0.05, 0) is 18.2 Å². The van der Waals surface area contributed by atoms with Gasteiger partial charge in [0, 0.05) is 27.6 Å². The second-order valence-corrected chi connectivity index (χ2v) is 8.06. The molecule has 1 amide bonds. The van der Waals surface area contributed by atoms with Crippen LogP contribution in [-0.2, 0) is 9.53 Å². The van der Waals surface area contributed by atoms with Crippen LogP contribution >= 0.6 is 11.6 Å². The summed E-state index contributed by atoms with van der Waals surface area (Å²) < 4.78 is 5.05. The number of carbonyl (C=O) groups is 4. The van der Waals surface area contributed by atoms with Crippen molar-refractivity contribution in [2.45, 2.75) is 0 Å². The summed E-state index contributed by atoms with van der Waals surface area (Å²) in [5.74, 6) is -2.36. The molecule has 3 aromatic carbocycles. The molecule has 172 valence electrons. The summed E-state index contributed by atoms with van der Waals surface area (Å²) in [4.78, 5) is 62.5. The fraction of sp³-hybridized carbons (Fsp3) is 0.0400. The number of anilines is 1. The highest BCUT2D eigenvalue weighted by Crippen LogP contribution is 2.33. The third-order valence-electron chi connectivity index (χ3n) is 5.51. The first-order valence-corrected chi connectivity index (χ1v) is 10.7. The maximum absolute atomic E-state index is 12.9. The maximum Gasteiger partial charge on any atom is 0.359 e. The quantitative estimate of drug-likeness (QED) is 0.372. The average Bonchev–Trinajstić information content (AvgIpc) is 2.87. The summed E-state index contributed by atoms with van der Waals surface area (Å²) in [5.41, 5.74) is 0.260. The number of ketones is 2. The van der Waals surface area contributed by atoms with E-state index in [0.717, 1.165) is 0 Å². The highest BCUT2D eigenvalue weighted by molar-refractivity contribution is 6.36. The Kier molecular flexibility index (Phi) is 5.46. The summed E-state index contributed by atoms with van der Waals surface area (Å²) in [6.45, 7) is -0.683. The Hall–Kier alpha value is -4.63. The van der Waals surface area contributed by atoms with Gasteiger partial charge in [-0.25, -0.2) is 9.89 Å². The van der Waals surface area contributed by atoms with Gasteiger partial charge in [0.25, 0.3) is 11.5 Å². The zero-order chi connectivity index (χ0) is 24.7. The van der Waals surface area contributed by atoms with Gasteiger partial charge in [-0.2, -0.15) is 5.10 Å². The molecule has 1 heterocycles. The van der Waals surface area contributed by atoms with Crippen LogP contribution in [0.4, 0.5) is 5.69 Å². The van der Waals surface area contributed by atoms with Crippen LogP contribution in [0.3, 0.4) is 0 Å². The first-order valence-electron chi connectivity index (χ1n) is 10.3. The van der Waals surface area contributed by atoms with Crippen molar-refractivity contribution >= 4 is 51.5 Å². The van der Waals surface area contributed by atoms with Gasteiger partial charge >= 0.3 is 5.97 Å². The van der Waals surface area contributed by atoms with Crippen molar-refractivity contribution in [1.82, 2.24) is 10.2 Å².